The molecule has 1 N–H and O–H groups in total. The van der Waals surface area contributed by atoms with Crippen molar-refractivity contribution in [2.45, 2.75) is 45.8 Å². The molecule has 1 aliphatic heterocycles. The van der Waals surface area contributed by atoms with Crippen LogP contribution < -0.4 is 5.32 Å². The van der Waals surface area contributed by atoms with Crippen molar-refractivity contribution in [1.29, 1.82) is 0 Å². The van der Waals surface area contributed by atoms with E-state index in [0.717, 1.165) is 23.1 Å². The zero-order chi connectivity index (χ0) is 21.8. The molecule has 0 bridgehead atoms. The molecule has 0 saturated carbocycles. The van der Waals surface area contributed by atoms with Gasteiger partial charge in [-0.15, -0.1) is 0 Å². The van der Waals surface area contributed by atoms with Crippen LogP contribution in [0.5, 0.6) is 0 Å². The van der Waals surface area contributed by atoms with Crippen molar-refractivity contribution in [1.82, 2.24) is 25.0 Å². The van der Waals surface area contributed by atoms with E-state index in [1.54, 1.807) is 22.0 Å². The lowest BCUT2D eigenvalue weighted by Gasteiger charge is -2.37. The van der Waals surface area contributed by atoms with Gasteiger partial charge in [0.15, 0.2) is 5.82 Å². The lowest BCUT2D eigenvalue weighted by Crippen LogP contribution is -2.53. The predicted molar refractivity (Wildman–Crippen MR) is 117 cm³/mol. The summed E-state index contributed by atoms with van der Waals surface area (Å²) < 4.78 is 1.68. The third-order valence-corrected chi connectivity index (χ3v) is 5.91. The van der Waals surface area contributed by atoms with E-state index in [0.29, 0.717) is 25.3 Å². The van der Waals surface area contributed by atoms with Gasteiger partial charge >= 0.3 is 0 Å². The Hall–Kier alpha value is -3.48. The molecule has 0 unspecified atom stereocenters. The first kappa shape index (κ1) is 20.8. The third kappa shape index (κ3) is 4.35. The molecule has 0 radical (unpaired) electrons. The monoisotopic (exact) mass is 417 g/mol. The standard InChI is InChI=1S/C24H27N5O2/c1-3-17(2)24(31)28-16-20-9-5-4-8-18(20)14-21(28)23(30)26-15-19-10-6-11-25-22(19)29-13-7-12-27-29/h4-13,17,21H,3,14-16H2,1-2H3,(H,26,30)/t17-,21-/m1/s1. The van der Waals surface area contributed by atoms with Crippen LogP contribution in [0, 0.1) is 5.92 Å². The van der Waals surface area contributed by atoms with Crippen molar-refractivity contribution in [2.75, 3.05) is 0 Å². The lowest BCUT2D eigenvalue weighted by molar-refractivity contribution is -0.144. The van der Waals surface area contributed by atoms with Gasteiger partial charge in [0.05, 0.1) is 0 Å². The van der Waals surface area contributed by atoms with Gasteiger partial charge in [0.25, 0.3) is 0 Å². The van der Waals surface area contributed by atoms with Gasteiger partial charge in [-0.25, -0.2) is 9.67 Å². The van der Waals surface area contributed by atoms with Crippen LogP contribution in [0.15, 0.2) is 61.1 Å². The number of benzene rings is 1. The molecular formula is C24H27N5O2. The summed E-state index contributed by atoms with van der Waals surface area (Å²) >= 11 is 0. The van der Waals surface area contributed by atoms with Crippen LogP contribution in [0.1, 0.15) is 37.0 Å². The predicted octanol–water partition coefficient (Wildman–Crippen LogP) is 2.88. The lowest BCUT2D eigenvalue weighted by atomic mass is 9.92. The number of carbonyl (C=O) groups excluding carboxylic acids is 2. The first-order valence-corrected chi connectivity index (χ1v) is 10.7. The fraction of sp³-hybridized carbons (Fsp3) is 0.333. The maximum absolute atomic E-state index is 13.3. The second kappa shape index (κ2) is 9.12. The SMILES string of the molecule is CC[C@@H](C)C(=O)N1Cc2ccccc2C[C@@H]1C(=O)NCc1cccnc1-n1cccn1. The fourth-order valence-electron chi connectivity index (χ4n) is 3.92. The summed E-state index contributed by atoms with van der Waals surface area (Å²) in [6, 6.07) is 13.1. The van der Waals surface area contributed by atoms with Crippen molar-refractivity contribution in [3.8, 4) is 5.82 Å². The van der Waals surface area contributed by atoms with Gasteiger partial charge in [-0.1, -0.05) is 44.2 Å². The van der Waals surface area contributed by atoms with E-state index in [1.165, 1.54) is 0 Å². The normalized spacial score (nSPS) is 16.5. The minimum absolute atomic E-state index is 0.0239. The average Bonchev–Trinajstić information content (AvgIpc) is 3.35. The van der Waals surface area contributed by atoms with Gasteiger partial charge in [-0.3, -0.25) is 9.59 Å². The topological polar surface area (TPSA) is 80.1 Å². The zero-order valence-electron chi connectivity index (χ0n) is 17.9. The molecule has 2 amide bonds. The highest BCUT2D eigenvalue weighted by molar-refractivity contribution is 5.89. The number of nitrogens with zero attached hydrogens (tertiary/aromatic N) is 4. The summed E-state index contributed by atoms with van der Waals surface area (Å²) in [7, 11) is 0. The number of hydrogen-bond acceptors (Lipinski definition) is 4. The average molecular weight is 418 g/mol. The Balaban J connectivity index is 1.54. The second-order valence-electron chi connectivity index (χ2n) is 7.92. The first-order valence-electron chi connectivity index (χ1n) is 10.7. The van der Waals surface area contributed by atoms with Crippen LogP contribution in [0.2, 0.25) is 0 Å². The molecule has 160 valence electrons. The van der Waals surface area contributed by atoms with Crippen LogP contribution in [-0.2, 0) is 29.1 Å². The Morgan fingerprint density at radius 1 is 1.13 bits per heavy atom. The Kier molecular flexibility index (Phi) is 6.11. The maximum atomic E-state index is 13.3. The van der Waals surface area contributed by atoms with E-state index in [9.17, 15) is 9.59 Å². The molecule has 0 spiro atoms. The molecule has 3 aromatic rings. The Bertz CT molecular complexity index is 1060. The molecule has 1 aromatic carbocycles. The van der Waals surface area contributed by atoms with Gasteiger partial charge in [0, 0.05) is 49.6 Å². The molecule has 7 nitrogen and oxygen atoms in total. The van der Waals surface area contributed by atoms with Crippen LogP contribution in [-0.4, -0.2) is 37.5 Å². The summed E-state index contributed by atoms with van der Waals surface area (Å²) in [4.78, 5) is 32.5. The van der Waals surface area contributed by atoms with Crippen molar-refractivity contribution in [2.24, 2.45) is 5.92 Å². The largest absolute Gasteiger partial charge is 0.350 e. The maximum Gasteiger partial charge on any atom is 0.243 e. The van der Waals surface area contributed by atoms with Gasteiger partial charge in [0.1, 0.15) is 6.04 Å². The highest BCUT2D eigenvalue weighted by atomic mass is 16.2. The van der Waals surface area contributed by atoms with E-state index in [4.69, 9.17) is 0 Å². The summed E-state index contributed by atoms with van der Waals surface area (Å²) in [5.74, 6) is 0.428. The quantitative estimate of drug-likeness (QED) is 0.669. The van der Waals surface area contributed by atoms with Crippen molar-refractivity contribution in [3.05, 3.63) is 77.7 Å². The molecule has 2 aromatic heterocycles. The van der Waals surface area contributed by atoms with Crippen LogP contribution in [0.4, 0.5) is 0 Å². The molecule has 1 aliphatic rings. The number of rotatable bonds is 6. The summed E-state index contributed by atoms with van der Waals surface area (Å²) in [5, 5.41) is 7.27. The highest BCUT2D eigenvalue weighted by Gasteiger charge is 2.35. The number of amides is 2. The van der Waals surface area contributed by atoms with Crippen LogP contribution >= 0.6 is 0 Å². The van der Waals surface area contributed by atoms with Crippen molar-refractivity contribution >= 4 is 11.8 Å². The molecule has 0 aliphatic carbocycles. The summed E-state index contributed by atoms with van der Waals surface area (Å²) in [6.45, 7) is 4.69. The van der Waals surface area contributed by atoms with Gasteiger partial charge < -0.3 is 10.2 Å². The van der Waals surface area contributed by atoms with Gasteiger partial charge in [-0.2, -0.15) is 5.10 Å². The van der Waals surface area contributed by atoms with Crippen molar-refractivity contribution < 1.29 is 9.59 Å². The molecular weight excluding hydrogens is 390 g/mol. The Morgan fingerprint density at radius 3 is 2.68 bits per heavy atom. The number of nitrogens with one attached hydrogen (secondary N) is 1. The zero-order valence-corrected chi connectivity index (χ0v) is 17.9. The minimum Gasteiger partial charge on any atom is -0.350 e. The van der Waals surface area contributed by atoms with E-state index < -0.39 is 6.04 Å². The van der Waals surface area contributed by atoms with E-state index >= 15 is 0 Å². The molecule has 31 heavy (non-hydrogen) atoms. The van der Waals surface area contributed by atoms with Gasteiger partial charge in [0.2, 0.25) is 11.8 Å². The van der Waals surface area contributed by atoms with E-state index in [2.05, 4.69) is 15.4 Å². The Morgan fingerprint density at radius 2 is 1.94 bits per heavy atom. The molecule has 0 saturated heterocycles. The molecule has 3 heterocycles. The smallest absolute Gasteiger partial charge is 0.243 e. The minimum atomic E-state index is -0.527. The van der Waals surface area contributed by atoms with Crippen LogP contribution in [0.25, 0.3) is 5.82 Å². The second-order valence-corrected chi connectivity index (χ2v) is 7.92. The van der Waals surface area contributed by atoms with Crippen LogP contribution in [0.3, 0.4) is 0 Å². The Labute approximate surface area is 182 Å². The number of pyridine rings is 1. The molecule has 2 atom stereocenters. The first-order chi connectivity index (χ1) is 15.1. The molecule has 7 heteroatoms. The number of carbonyl (C=O) groups is 2. The highest BCUT2D eigenvalue weighted by Crippen LogP contribution is 2.26. The summed E-state index contributed by atoms with van der Waals surface area (Å²) in [5.41, 5.74) is 3.08. The van der Waals surface area contributed by atoms with Crippen molar-refractivity contribution in [3.63, 3.8) is 0 Å². The van der Waals surface area contributed by atoms with Gasteiger partial charge in [-0.05, 0) is 29.7 Å². The number of fused-ring (bicyclic) bond motifs is 1. The fourth-order valence-corrected chi connectivity index (χ4v) is 3.92. The molecule has 0 fully saturated rings. The number of hydrogen-bond donors (Lipinski definition) is 1. The summed E-state index contributed by atoms with van der Waals surface area (Å²) in [6.07, 6.45) is 6.47. The van der Waals surface area contributed by atoms with E-state index in [1.807, 2.05) is 62.5 Å². The van der Waals surface area contributed by atoms with E-state index in [-0.39, 0.29) is 17.7 Å². The molecule has 4 rings (SSSR count). The third-order valence-electron chi connectivity index (χ3n) is 5.91. The number of aromatic nitrogens is 3.